The number of benzene rings is 1. The van der Waals surface area contributed by atoms with Crippen molar-refractivity contribution in [3.8, 4) is 0 Å². The molecule has 1 aliphatic rings. The number of hydrogen-bond acceptors (Lipinski definition) is 5. The lowest BCUT2D eigenvalue weighted by Crippen LogP contribution is -2.35. The van der Waals surface area contributed by atoms with Crippen molar-refractivity contribution in [2.45, 2.75) is 39.7 Å². The van der Waals surface area contributed by atoms with Crippen LogP contribution in [0.3, 0.4) is 0 Å². The SMILES string of the molecule is CCc1onc(C)c1NC(=O)NCC1CC(c2ccc(C)cc2)=NO1. The van der Waals surface area contributed by atoms with Crippen molar-refractivity contribution in [3.63, 3.8) is 0 Å². The summed E-state index contributed by atoms with van der Waals surface area (Å²) in [4.78, 5) is 17.5. The number of aromatic nitrogens is 1. The van der Waals surface area contributed by atoms with Crippen LogP contribution < -0.4 is 10.6 Å². The Balaban J connectivity index is 1.49. The van der Waals surface area contributed by atoms with Gasteiger partial charge >= 0.3 is 6.03 Å². The third kappa shape index (κ3) is 3.99. The number of oxime groups is 1. The number of urea groups is 1. The molecular formula is C18H22N4O3. The minimum absolute atomic E-state index is 0.170. The summed E-state index contributed by atoms with van der Waals surface area (Å²) >= 11 is 0. The lowest BCUT2D eigenvalue weighted by atomic mass is 10.0. The second-order valence-corrected chi connectivity index (χ2v) is 6.09. The molecule has 2 heterocycles. The number of amides is 2. The molecule has 3 rings (SSSR count). The number of anilines is 1. The maximum atomic E-state index is 12.1. The van der Waals surface area contributed by atoms with E-state index in [2.05, 4.69) is 20.9 Å². The van der Waals surface area contributed by atoms with Gasteiger partial charge in [0.05, 0.1) is 12.3 Å². The monoisotopic (exact) mass is 342 g/mol. The molecular weight excluding hydrogens is 320 g/mol. The van der Waals surface area contributed by atoms with Gasteiger partial charge in [-0.3, -0.25) is 0 Å². The van der Waals surface area contributed by atoms with Crippen LogP contribution in [-0.2, 0) is 11.3 Å². The van der Waals surface area contributed by atoms with E-state index in [1.165, 1.54) is 5.56 Å². The first kappa shape index (κ1) is 17.0. The molecule has 7 nitrogen and oxygen atoms in total. The molecule has 1 atom stereocenters. The predicted molar refractivity (Wildman–Crippen MR) is 94.8 cm³/mol. The number of carbonyl (C=O) groups is 1. The van der Waals surface area contributed by atoms with Crippen LogP contribution in [0.15, 0.2) is 33.9 Å². The van der Waals surface area contributed by atoms with E-state index in [0.717, 1.165) is 11.3 Å². The quantitative estimate of drug-likeness (QED) is 0.873. The molecule has 2 amide bonds. The van der Waals surface area contributed by atoms with Gasteiger partial charge in [0.2, 0.25) is 0 Å². The molecule has 132 valence electrons. The first-order chi connectivity index (χ1) is 12.1. The normalized spacial score (nSPS) is 16.3. The van der Waals surface area contributed by atoms with E-state index in [9.17, 15) is 4.79 Å². The first-order valence-corrected chi connectivity index (χ1v) is 8.36. The lowest BCUT2D eigenvalue weighted by Gasteiger charge is -2.11. The van der Waals surface area contributed by atoms with Gasteiger partial charge in [-0.15, -0.1) is 0 Å². The van der Waals surface area contributed by atoms with E-state index >= 15 is 0 Å². The molecule has 0 aliphatic carbocycles. The van der Waals surface area contributed by atoms with E-state index in [4.69, 9.17) is 9.36 Å². The maximum absolute atomic E-state index is 12.1. The van der Waals surface area contributed by atoms with E-state index in [1.54, 1.807) is 6.92 Å². The third-order valence-corrected chi connectivity index (χ3v) is 4.10. The predicted octanol–water partition coefficient (Wildman–Crippen LogP) is 3.17. The number of nitrogens with one attached hydrogen (secondary N) is 2. The molecule has 1 aromatic carbocycles. The minimum atomic E-state index is -0.312. The topological polar surface area (TPSA) is 88.8 Å². The molecule has 0 spiro atoms. The molecule has 7 heteroatoms. The van der Waals surface area contributed by atoms with Gasteiger partial charge < -0.3 is 20.0 Å². The number of hydrogen-bond donors (Lipinski definition) is 2. The highest BCUT2D eigenvalue weighted by Gasteiger charge is 2.23. The Kier molecular flexibility index (Phi) is 5.02. The minimum Gasteiger partial charge on any atom is -0.390 e. The van der Waals surface area contributed by atoms with Crippen molar-refractivity contribution >= 4 is 17.4 Å². The van der Waals surface area contributed by atoms with Crippen LogP contribution in [0.25, 0.3) is 0 Å². The van der Waals surface area contributed by atoms with Gasteiger partial charge in [0.25, 0.3) is 0 Å². The van der Waals surface area contributed by atoms with Gasteiger partial charge in [-0.1, -0.05) is 47.1 Å². The van der Waals surface area contributed by atoms with E-state index < -0.39 is 0 Å². The van der Waals surface area contributed by atoms with Crippen molar-refractivity contribution in [2.75, 3.05) is 11.9 Å². The van der Waals surface area contributed by atoms with Gasteiger partial charge in [-0.25, -0.2) is 4.79 Å². The first-order valence-electron chi connectivity index (χ1n) is 8.36. The molecule has 25 heavy (non-hydrogen) atoms. The van der Waals surface area contributed by atoms with Gasteiger partial charge in [-0.05, 0) is 19.4 Å². The van der Waals surface area contributed by atoms with E-state index in [-0.39, 0.29) is 12.1 Å². The summed E-state index contributed by atoms with van der Waals surface area (Å²) in [6, 6.07) is 7.84. The molecule has 2 aromatic rings. The molecule has 0 bridgehead atoms. The average molecular weight is 342 g/mol. The highest BCUT2D eigenvalue weighted by atomic mass is 16.6. The van der Waals surface area contributed by atoms with Crippen LogP contribution in [0.2, 0.25) is 0 Å². The van der Waals surface area contributed by atoms with Gasteiger partial charge in [0.15, 0.2) is 11.9 Å². The molecule has 1 aromatic heterocycles. The van der Waals surface area contributed by atoms with Gasteiger partial charge in [0.1, 0.15) is 11.4 Å². The lowest BCUT2D eigenvalue weighted by molar-refractivity contribution is 0.0870. The fourth-order valence-corrected chi connectivity index (χ4v) is 2.64. The second-order valence-electron chi connectivity index (χ2n) is 6.09. The van der Waals surface area contributed by atoms with Crippen molar-refractivity contribution in [1.29, 1.82) is 0 Å². The zero-order chi connectivity index (χ0) is 17.8. The summed E-state index contributed by atoms with van der Waals surface area (Å²) in [6.45, 7) is 6.15. The van der Waals surface area contributed by atoms with Crippen molar-refractivity contribution < 1.29 is 14.2 Å². The highest BCUT2D eigenvalue weighted by Crippen LogP contribution is 2.20. The summed E-state index contributed by atoms with van der Waals surface area (Å²) in [7, 11) is 0. The zero-order valence-electron chi connectivity index (χ0n) is 14.6. The third-order valence-electron chi connectivity index (χ3n) is 4.10. The van der Waals surface area contributed by atoms with Crippen molar-refractivity contribution in [2.24, 2.45) is 5.16 Å². The Bertz CT molecular complexity index is 780. The Morgan fingerprint density at radius 2 is 2.04 bits per heavy atom. The molecule has 2 N–H and O–H groups in total. The van der Waals surface area contributed by atoms with E-state index in [0.29, 0.717) is 36.5 Å². The van der Waals surface area contributed by atoms with Crippen LogP contribution in [0.5, 0.6) is 0 Å². The van der Waals surface area contributed by atoms with E-state index in [1.807, 2.05) is 38.1 Å². The fourth-order valence-electron chi connectivity index (χ4n) is 2.64. The van der Waals surface area contributed by atoms with Gasteiger partial charge in [0, 0.05) is 12.8 Å². The Hall–Kier alpha value is -2.83. The molecule has 0 saturated heterocycles. The second kappa shape index (κ2) is 7.38. The Morgan fingerprint density at radius 3 is 2.76 bits per heavy atom. The molecule has 0 fully saturated rings. The standard InChI is InChI=1S/C18H22N4O3/c1-4-16-17(12(3)21-25-16)20-18(23)19-10-14-9-15(22-24-14)13-7-5-11(2)6-8-13/h5-8,14H,4,9-10H2,1-3H3,(H2,19,20,23). The molecule has 1 aliphatic heterocycles. The highest BCUT2D eigenvalue weighted by molar-refractivity contribution is 6.01. The average Bonchev–Trinajstić information content (AvgIpc) is 3.21. The van der Waals surface area contributed by atoms with Crippen molar-refractivity contribution in [3.05, 3.63) is 46.8 Å². The van der Waals surface area contributed by atoms with Crippen LogP contribution in [-0.4, -0.2) is 29.5 Å². The summed E-state index contributed by atoms with van der Waals surface area (Å²) < 4.78 is 5.16. The molecule has 1 unspecified atom stereocenters. The molecule has 0 radical (unpaired) electrons. The molecule has 0 saturated carbocycles. The summed E-state index contributed by atoms with van der Waals surface area (Å²) in [5.74, 6) is 0.662. The maximum Gasteiger partial charge on any atom is 0.319 e. The summed E-state index contributed by atoms with van der Waals surface area (Å²) in [5.41, 5.74) is 4.44. The van der Waals surface area contributed by atoms with Gasteiger partial charge in [-0.2, -0.15) is 0 Å². The van der Waals surface area contributed by atoms with Crippen LogP contribution >= 0.6 is 0 Å². The van der Waals surface area contributed by atoms with Crippen LogP contribution in [0, 0.1) is 13.8 Å². The Labute approximate surface area is 146 Å². The smallest absolute Gasteiger partial charge is 0.319 e. The van der Waals surface area contributed by atoms with Crippen LogP contribution in [0.4, 0.5) is 10.5 Å². The number of aryl methyl sites for hydroxylation is 3. The number of nitrogens with zero attached hydrogens (tertiary/aromatic N) is 2. The largest absolute Gasteiger partial charge is 0.390 e. The zero-order valence-corrected chi connectivity index (χ0v) is 14.6. The summed E-state index contributed by atoms with van der Waals surface area (Å²) in [6.07, 6.45) is 1.16. The van der Waals surface area contributed by atoms with Crippen LogP contribution in [0.1, 0.15) is 35.9 Å². The Morgan fingerprint density at radius 1 is 1.28 bits per heavy atom. The number of rotatable bonds is 5. The summed E-state index contributed by atoms with van der Waals surface area (Å²) in [5, 5.41) is 13.6. The number of carbonyl (C=O) groups excluding carboxylic acids is 1. The fraction of sp³-hybridized carbons (Fsp3) is 0.389. The van der Waals surface area contributed by atoms with Crippen molar-refractivity contribution in [1.82, 2.24) is 10.5 Å².